The van der Waals surface area contributed by atoms with E-state index in [0.29, 0.717) is 29.7 Å². The number of carboxylic acids is 1. The quantitative estimate of drug-likeness (QED) is 0.580. The lowest BCUT2D eigenvalue weighted by molar-refractivity contribution is -0.137. The second-order valence-corrected chi connectivity index (χ2v) is 9.98. The molecule has 0 aliphatic heterocycles. The average Bonchev–Trinajstić information content (AvgIpc) is 3.35. The fourth-order valence-corrected chi connectivity index (χ4v) is 4.84. The molecule has 2 saturated carbocycles. The van der Waals surface area contributed by atoms with Crippen LogP contribution in [0.2, 0.25) is 0 Å². The summed E-state index contributed by atoms with van der Waals surface area (Å²) in [5.74, 6) is 0.128. The second-order valence-electron chi connectivity index (χ2n) is 9.98. The SMILES string of the molecule is CC(C)(C)C1(CCCC(CC(=O)O)c2nc(CNC3CC3)no2)CCCCC1. The molecular formula is C22H37N3O3. The van der Waals surface area contributed by atoms with Crippen molar-refractivity contribution in [3.05, 3.63) is 11.7 Å². The molecule has 2 fully saturated rings. The lowest BCUT2D eigenvalue weighted by Gasteiger charge is -2.48. The summed E-state index contributed by atoms with van der Waals surface area (Å²) < 4.78 is 5.45. The van der Waals surface area contributed by atoms with Crippen LogP contribution in [0.5, 0.6) is 0 Å². The monoisotopic (exact) mass is 391 g/mol. The number of rotatable bonds is 10. The molecular weight excluding hydrogens is 354 g/mol. The van der Waals surface area contributed by atoms with Crippen LogP contribution in [0.1, 0.15) is 109 Å². The maximum absolute atomic E-state index is 11.4. The van der Waals surface area contributed by atoms with Gasteiger partial charge in [0.2, 0.25) is 5.89 Å². The normalized spacial score (nSPS) is 20.8. The first-order valence-electron chi connectivity index (χ1n) is 11.1. The Balaban J connectivity index is 1.59. The number of hydrogen-bond donors (Lipinski definition) is 2. The summed E-state index contributed by atoms with van der Waals surface area (Å²) in [6, 6.07) is 0.584. The Morgan fingerprint density at radius 2 is 2.00 bits per heavy atom. The van der Waals surface area contributed by atoms with E-state index in [-0.39, 0.29) is 17.8 Å². The van der Waals surface area contributed by atoms with Gasteiger partial charge >= 0.3 is 5.97 Å². The van der Waals surface area contributed by atoms with Crippen LogP contribution in [-0.2, 0) is 11.3 Å². The van der Waals surface area contributed by atoms with Crippen molar-refractivity contribution in [1.82, 2.24) is 15.5 Å². The van der Waals surface area contributed by atoms with Gasteiger partial charge < -0.3 is 14.9 Å². The zero-order chi connectivity index (χ0) is 20.2. The van der Waals surface area contributed by atoms with E-state index in [2.05, 4.69) is 36.2 Å². The molecule has 158 valence electrons. The number of aliphatic carboxylic acids is 1. The summed E-state index contributed by atoms with van der Waals surface area (Å²) in [5.41, 5.74) is 0.648. The van der Waals surface area contributed by atoms with Crippen LogP contribution < -0.4 is 5.32 Å². The van der Waals surface area contributed by atoms with E-state index in [1.54, 1.807) is 0 Å². The lowest BCUT2D eigenvalue weighted by atomic mass is 9.57. The summed E-state index contributed by atoms with van der Waals surface area (Å²) in [6.45, 7) is 7.69. The van der Waals surface area contributed by atoms with Gasteiger partial charge in [0.05, 0.1) is 13.0 Å². The Hall–Kier alpha value is -1.43. The van der Waals surface area contributed by atoms with E-state index in [9.17, 15) is 9.90 Å². The van der Waals surface area contributed by atoms with Gasteiger partial charge in [-0.25, -0.2) is 0 Å². The molecule has 28 heavy (non-hydrogen) atoms. The van der Waals surface area contributed by atoms with Gasteiger partial charge in [0.1, 0.15) is 0 Å². The van der Waals surface area contributed by atoms with Crippen LogP contribution in [0, 0.1) is 10.8 Å². The Labute approximate surface area is 168 Å². The highest BCUT2D eigenvalue weighted by molar-refractivity contribution is 5.67. The Morgan fingerprint density at radius 1 is 1.29 bits per heavy atom. The van der Waals surface area contributed by atoms with Gasteiger partial charge in [0.25, 0.3) is 0 Å². The molecule has 3 rings (SSSR count). The predicted molar refractivity (Wildman–Crippen MR) is 108 cm³/mol. The zero-order valence-electron chi connectivity index (χ0n) is 17.8. The van der Waals surface area contributed by atoms with E-state index in [4.69, 9.17) is 4.52 Å². The van der Waals surface area contributed by atoms with Gasteiger partial charge in [0, 0.05) is 12.0 Å². The number of nitrogens with one attached hydrogen (secondary N) is 1. The van der Waals surface area contributed by atoms with Crippen molar-refractivity contribution < 1.29 is 14.4 Å². The third kappa shape index (κ3) is 5.56. The molecule has 0 spiro atoms. The van der Waals surface area contributed by atoms with Gasteiger partial charge in [-0.1, -0.05) is 51.6 Å². The smallest absolute Gasteiger partial charge is 0.304 e. The number of carboxylic acid groups (broad SMARTS) is 1. The fraction of sp³-hybridized carbons (Fsp3) is 0.864. The van der Waals surface area contributed by atoms with Crippen LogP contribution >= 0.6 is 0 Å². The van der Waals surface area contributed by atoms with E-state index in [1.165, 1.54) is 44.9 Å². The van der Waals surface area contributed by atoms with Gasteiger partial charge in [0.15, 0.2) is 5.82 Å². The van der Waals surface area contributed by atoms with Crippen LogP contribution in [0.15, 0.2) is 4.52 Å². The summed E-state index contributed by atoms with van der Waals surface area (Å²) in [4.78, 5) is 15.9. The molecule has 0 saturated heterocycles. The summed E-state index contributed by atoms with van der Waals surface area (Å²) in [6.07, 6.45) is 12.0. The molecule has 1 aromatic rings. The maximum atomic E-state index is 11.4. The minimum Gasteiger partial charge on any atom is -0.481 e. The second kappa shape index (κ2) is 8.93. The third-order valence-electron chi connectivity index (χ3n) is 6.99. The summed E-state index contributed by atoms with van der Waals surface area (Å²) in [5, 5.41) is 16.8. The van der Waals surface area contributed by atoms with Crippen molar-refractivity contribution in [2.75, 3.05) is 0 Å². The summed E-state index contributed by atoms with van der Waals surface area (Å²) >= 11 is 0. The lowest BCUT2D eigenvalue weighted by Crippen LogP contribution is -2.37. The molecule has 0 bridgehead atoms. The number of hydrogen-bond acceptors (Lipinski definition) is 5. The molecule has 2 N–H and O–H groups in total. The topological polar surface area (TPSA) is 88.2 Å². The van der Waals surface area contributed by atoms with Gasteiger partial charge in [-0.3, -0.25) is 4.79 Å². The molecule has 1 atom stereocenters. The van der Waals surface area contributed by atoms with E-state index >= 15 is 0 Å². The molecule has 1 heterocycles. The highest BCUT2D eigenvalue weighted by Crippen LogP contribution is 2.53. The average molecular weight is 392 g/mol. The Bertz CT molecular complexity index is 640. The zero-order valence-corrected chi connectivity index (χ0v) is 17.8. The van der Waals surface area contributed by atoms with Crippen molar-refractivity contribution in [3.63, 3.8) is 0 Å². The minimum absolute atomic E-state index is 0.0558. The van der Waals surface area contributed by atoms with Crippen molar-refractivity contribution >= 4 is 5.97 Å². The fourth-order valence-electron chi connectivity index (χ4n) is 4.84. The first-order valence-corrected chi connectivity index (χ1v) is 11.1. The Kier molecular flexibility index (Phi) is 6.79. The van der Waals surface area contributed by atoms with Crippen LogP contribution in [-0.4, -0.2) is 27.3 Å². The molecule has 0 radical (unpaired) electrons. The minimum atomic E-state index is -0.802. The molecule has 1 aromatic heterocycles. The molecule has 2 aliphatic rings. The van der Waals surface area contributed by atoms with Gasteiger partial charge in [-0.15, -0.1) is 0 Å². The van der Waals surface area contributed by atoms with E-state index in [1.807, 2.05) is 0 Å². The standard InChI is InChI=1S/C22H37N3O3/c1-21(2,3)22(11-5-4-6-12-22)13-7-8-16(14-19(26)27)20-24-18(25-28-20)15-23-17-9-10-17/h16-17,23H,4-15H2,1-3H3,(H,26,27). The van der Waals surface area contributed by atoms with Crippen molar-refractivity contribution in [2.45, 2.75) is 110 Å². The first-order chi connectivity index (χ1) is 13.3. The predicted octanol–water partition coefficient (Wildman–Crippen LogP) is 5.05. The largest absolute Gasteiger partial charge is 0.481 e. The third-order valence-corrected chi connectivity index (χ3v) is 6.99. The molecule has 0 aromatic carbocycles. The van der Waals surface area contributed by atoms with E-state index < -0.39 is 5.97 Å². The van der Waals surface area contributed by atoms with E-state index in [0.717, 1.165) is 19.3 Å². The van der Waals surface area contributed by atoms with Crippen molar-refractivity contribution in [2.24, 2.45) is 10.8 Å². The number of aromatic nitrogens is 2. The van der Waals surface area contributed by atoms with Crippen LogP contribution in [0.4, 0.5) is 0 Å². The number of carbonyl (C=O) groups is 1. The van der Waals surface area contributed by atoms with Crippen LogP contribution in [0.25, 0.3) is 0 Å². The molecule has 6 nitrogen and oxygen atoms in total. The highest BCUT2D eigenvalue weighted by atomic mass is 16.5. The van der Waals surface area contributed by atoms with Crippen LogP contribution in [0.3, 0.4) is 0 Å². The molecule has 0 amide bonds. The number of nitrogens with zero attached hydrogens (tertiary/aromatic N) is 2. The highest BCUT2D eigenvalue weighted by Gasteiger charge is 2.42. The van der Waals surface area contributed by atoms with Gasteiger partial charge in [-0.2, -0.15) is 4.98 Å². The molecule has 6 heteroatoms. The molecule has 1 unspecified atom stereocenters. The van der Waals surface area contributed by atoms with Crippen molar-refractivity contribution in [3.8, 4) is 0 Å². The maximum Gasteiger partial charge on any atom is 0.304 e. The van der Waals surface area contributed by atoms with Crippen molar-refractivity contribution in [1.29, 1.82) is 0 Å². The Morgan fingerprint density at radius 3 is 2.61 bits per heavy atom. The first kappa shape index (κ1) is 21.3. The molecule has 2 aliphatic carbocycles. The summed E-state index contributed by atoms with van der Waals surface area (Å²) in [7, 11) is 0. The van der Waals surface area contributed by atoms with Gasteiger partial charge in [-0.05, 0) is 49.4 Å².